The normalized spacial score (nSPS) is 10.8. The number of esters is 1. The molecule has 142 valence electrons. The Balaban J connectivity index is 2.58. The molecule has 2 amide bonds. The van der Waals surface area contributed by atoms with E-state index in [0.29, 0.717) is 5.56 Å². The zero-order valence-electron chi connectivity index (χ0n) is 14.6. The van der Waals surface area contributed by atoms with E-state index in [1.54, 1.807) is 30.3 Å². The Labute approximate surface area is 156 Å². The highest BCUT2D eigenvalue weighted by molar-refractivity contribution is 5.97. The van der Waals surface area contributed by atoms with Gasteiger partial charge >= 0.3 is 5.97 Å². The van der Waals surface area contributed by atoms with Crippen molar-refractivity contribution < 1.29 is 24.2 Å². The number of rotatable bonds is 10. The van der Waals surface area contributed by atoms with Crippen molar-refractivity contribution in [2.24, 2.45) is 0 Å². The molecule has 27 heavy (non-hydrogen) atoms. The van der Waals surface area contributed by atoms with Crippen LogP contribution in [0.1, 0.15) is 23.2 Å². The van der Waals surface area contributed by atoms with Gasteiger partial charge in [0.05, 0.1) is 31.6 Å². The van der Waals surface area contributed by atoms with E-state index in [4.69, 9.17) is 15.3 Å². The Morgan fingerprint density at radius 1 is 1.11 bits per heavy atom. The van der Waals surface area contributed by atoms with Gasteiger partial charge in [-0.1, -0.05) is 18.2 Å². The number of carbonyl (C=O) groups is 3. The Morgan fingerprint density at radius 3 is 2.22 bits per heavy atom. The fourth-order valence-electron chi connectivity index (χ4n) is 2.07. The summed E-state index contributed by atoms with van der Waals surface area (Å²) in [6.45, 7) is -1.09. The van der Waals surface area contributed by atoms with Gasteiger partial charge in [0.15, 0.2) is 12.6 Å². The summed E-state index contributed by atoms with van der Waals surface area (Å²) in [5.74, 6) is -2.10. The van der Waals surface area contributed by atoms with E-state index < -0.39 is 37.0 Å². The van der Waals surface area contributed by atoms with Crippen LogP contribution in [0.5, 0.6) is 0 Å². The van der Waals surface area contributed by atoms with Crippen molar-refractivity contribution in [1.82, 2.24) is 10.2 Å². The molecule has 0 radical (unpaired) electrons. The topological polar surface area (TPSA) is 144 Å². The summed E-state index contributed by atoms with van der Waals surface area (Å²) in [5.41, 5.74) is 0.305. The quantitative estimate of drug-likeness (QED) is 0.549. The third-order valence-electron chi connectivity index (χ3n) is 3.49. The predicted octanol–water partition coefficient (Wildman–Crippen LogP) is -0.0235. The highest BCUT2D eigenvalue weighted by atomic mass is 16.5. The Morgan fingerprint density at radius 2 is 1.70 bits per heavy atom. The Hall–Kier alpha value is -3.43. The van der Waals surface area contributed by atoms with Crippen molar-refractivity contribution in [3.05, 3.63) is 35.9 Å². The van der Waals surface area contributed by atoms with E-state index in [2.05, 4.69) is 5.32 Å². The standard InChI is InChI=1S/C18H20N4O5/c19-8-4-10-22(11-5-9-20)16(24)13-27-18(26)15(12-23)21-17(25)14-6-2-1-3-7-14/h1-3,6-7,15,23H,4-5,10-13H2,(H,21,25). The van der Waals surface area contributed by atoms with Crippen molar-refractivity contribution in [1.29, 1.82) is 10.5 Å². The van der Waals surface area contributed by atoms with Crippen LogP contribution in [0.25, 0.3) is 0 Å². The van der Waals surface area contributed by atoms with Gasteiger partial charge in [0.2, 0.25) is 0 Å². The number of nitriles is 2. The van der Waals surface area contributed by atoms with Crippen molar-refractivity contribution in [2.75, 3.05) is 26.3 Å². The van der Waals surface area contributed by atoms with Crippen LogP contribution in [0.15, 0.2) is 30.3 Å². The lowest BCUT2D eigenvalue weighted by Gasteiger charge is -2.21. The van der Waals surface area contributed by atoms with Crippen LogP contribution in [0, 0.1) is 22.7 Å². The first kappa shape index (κ1) is 21.6. The highest BCUT2D eigenvalue weighted by Gasteiger charge is 2.24. The minimum Gasteiger partial charge on any atom is -0.454 e. The van der Waals surface area contributed by atoms with Crippen molar-refractivity contribution in [3.63, 3.8) is 0 Å². The first-order valence-electron chi connectivity index (χ1n) is 8.18. The molecule has 1 rings (SSSR count). The summed E-state index contributed by atoms with van der Waals surface area (Å²) in [7, 11) is 0. The first-order valence-corrected chi connectivity index (χ1v) is 8.18. The van der Waals surface area contributed by atoms with Gasteiger partial charge in [-0.3, -0.25) is 9.59 Å². The minimum absolute atomic E-state index is 0.0809. The number of benzene rings is 1. The van der Waals surface area contributed by atoms with Crippen molar-refractivity contribution in [3.8, 4) is 12.1 Å². The summed E-state index contributed by atoms with van der Waals surface area (Å²) >= 11 is 0. The van der Waals surface area contributed by atoms with Crippen LogP contribution < -0.4 is 5.32 Å². The molecule has 1 atom stereocenters. The highest BCUT2D eigenvalue weighted by Crippen LogP contribution is 2.01. The minimum atomic E-state index is -1.32. The molecule has 0 bridgehead atoms. The maximum Gasteiger partial charge on any atom is 0.331 e. The summed E-state index contributed by atoms with van der Waals surface area (Å²) in [5, 5.41) is 28.9. The second-order valence-electron chi connectivity index (χ2n) is 5.38. The summed E-state index contributed by atoms with van der Waals surface area (Å²) in [6.07, 6.45) is 0.162. The van der Waals surface area contributed by atoms with Crippen molar-refractivity contribution >= 4 is 17.8 Å². The van der Waals surface area contributed by atoms with Gasteiger partial charge in [-0.2, -0.15) is 10.5 Å². The van der Waals surface area contributed by atoms with E-state index >= 15 is 0 Å². The van der Waals surface area contributed by atoms with E-state index in [1.807, 2.05) is 12.1 Å². The maximum absolute atomic E-state index is 12.1. The third-order valence-corrected chi connectivity index (χ3v) is 3.49. The van der Waals surface area contributed by atoms with Crippen LogP contribution in [-0.2, 0) is 14.3 Å². The molecule has 0 spiro atoms. The molecular weight excluding hydrogens is 352 g/mol. The number of aliphatic hydroxyl groups is 1. The number of hydrogen-bond acceptors (Lipinski definition) is 7. The van der Waals surface area contributed by atoms with Gasteiger partial charge in [-0.25, -0.2) is 4.79 Å². The number of nitrogens with one attached hydrogen (secondary N) is 1. The molecule has 0 aromatic heterocycles. The fourth-order valence-corrected chi connectivity index (χ4v) is 2.07. The lowest BCUT2D eigenvalue weighted by atomic mass is 10.2. The molecule has 0 aliphatic carbocycles. The predicted molar refractivity (Wildman–Crippen MR) is 92.8 cm³/mol. The van der Waals surface area contributed by atoms with Gasteiger partial charge in [0.1, 0.15) is 0 Å². The number of aliphatic hydroxyl groups excluding tert-OH is 1. The largest absolute Gasteiger partial charge is 0.454 e. The zero-order chi connectivity index (χ0) is 20.1. The second-order valence-corrected chi connectivity index (χ2v) is 5.38. The molecule has 9 nitrogen and oxygen atoms in total. The summed E-state index contributed by atoms with van der Waals surface area (Å²) in [4.78, 5) is 37.4. The summed E-state index contributed by atoms with van der Waals surface area (Å²) < 4.78 is 4.86. The van der Waals surface area contributed by atoms with Crippen LogP contribution in [0.2, 0.25) is 0 Å². The van der Waals surface area contributed by atoms with E-state index in [1.165, 1.54) is 4.90 Å². The van der Waals surface area contributed by atoms with E-state index in [0.717, 1.165) is 0 Å². The zero-order valence-corrected chi connectivity index (χ0v) is 14.6. The smallest absolute Gasteiger partial charge is 0.331 e. The molecule has 0 heterocycles. The third kappa shape index (κ3) is 7.55. The van der Waals surface area contributed by atoms with E-state index in [-0.39, 0.29) is 25.9 Å². The lowest BCUT2D eigenvalue weighted by Crippen LogP contribution is -2.45. The molecule has 1 aromatic carbocycles. The van der Waals surface area contributed by atoms with Gasteiger partial charge in [-0.15, -0.1) is 0 Å². The number of amides is 2. The summed E-state index contributed by atoms with van der Waals surface area (Å²) in [6, 6.07) is 10.6. The van der Waals surface area contributed by atoms with Gasteiger partial charge in [0.25, 0.3) is 11.8 Å². The molecule has 2 N–H and O–H groups in total. The Kier molecular flexibility index (Phi) is 9.61. The number of nitrogens with zero attached hydrogens (tertiary/aromatic N) is 3. The van der Waals surface area contributed by atoms with Gasteiger partial charge in [0, 0.05) is 18.7 Å². The average Bonchev–Trinajstić information content (AvgIpc) is 2.70. The fraction of sp³-hybridized carbons (Fsp3) is 0.389. The van der Waals surface area contributed by atoms with Crippen LogP contribution >= 0.6 is 0 Å². The number of carbonyl (C=O) groups excluding carboxylic acids is 3. The molecule has 0 aliphatic rings. The molecule has 1 unspecified atom stereocenters. The second kappa shape index (κ2) is 12.0. The monoisotopic (exact) mass is 372 g/mol. The molecule has 0 aliphatic heterocycles. The maximum atomic E-state index is 12.1. The average molecular weight is 372 g/mol. The number of hydrogen-bond donors (Lipinski definition) is 2. The van der Waals surface area contributed by atoms with E-state index in [9.17, 15) is 19.5 Å². The molecule has 9 heteroatoms. The molecule has 0 saturated heterocycles. The first-order chi connectivity index (χ1) is 13.0. The van der Waals surface area contributed by atoms with Gasteiger partial charge < -0.3 is 20.1 Å². The lowest BCUT2D eigenvalue weighted by molar-refractivity contribution is -0.154. The van der Waals surface area contributed by atoms with Crippen LogP contribution in [0.4, 0.5) is 0 Å². The van der Waals surface area contributed by atoms with Crippen LogP contribution in [0.3, 0.4) is 0 Å². The van der Waals surface area contributed by atoms with Crippen LogP contribution in [-0.4, -0.2) is 60.1 Å². The number of ether oxygens (including phenoxy) is 1. The molecule has 1 aromatic rings. The SMILES string of the molecule is N#CCCN(CCC#N)C(=O)COC(=O)C(CO)NC(=O)c1ccccc1. The Bertz CT molecular complexity index is 706. The van der Waals surface area contributed by atoms with Crippen molar-refractivity contribution in [2.45, 2.75) is 18.9 Å². The molecular formula is C18H20N4O5. The molecule has 0 fully saturated rings. The molecule has 0 saturated carbocycles. The van der Waals surface area contributed by atoms with Gasteiger partial charge in [-0.05, 0) is 12.1 Å².